The van der Waals surface area contributed by atoms with E-state index in [-0.39, 0.29) is 17.1 Å². The predicted octanol–water partition coefficient (Wildman–Crippen LogP) is 2.91. The maximum absolute atomic E-state index is 13.0. The van der Waals surface area contributed by atoms with Crippen molar-refractivity contribution in [2.45, 2.75) is 37.9 Å². The average molecular weight is 375 g/mol. The minimum atomic E-state index is -3.65. The van der Waals surface area contributed by atoms with Gasteiger partial charge in [0, 0.05) is 25.8 Å². The first-order valence-corrected chi connectivity index (χ1v) is 10.3. The number of aromatic nitrogens is 1. The SMILES string of the molecule is CCN(c1ccccc1)S(=O)(=O)c1ccc(N2C[C@@H](C)O[C@H](C)C2)nc1. The van der Waals surface area contributed by atoms with Crippen LogP contribution in [0.3, 0.4) is 0 Å². The molecule has 1 aliphatic rings. The van der Waals surface area contributed by atoms with Gasteiger partial charge in [0.1, 0.15) is 10.7 Å². The second kappa shape index (κ2) is 7.63. The van der Waals surface area contributed by atoms with Gasteiger partial charge in [-0.1, -0.05) is 18.2 Å². The Morgan fingerprint density at radius 3 is 2.31 bits per heavy atom. The molecule has 2 atom stereocenters. The maximum atomic E-state index is 13.0. The molecule has 0 N–H and O–H groups in total. The van der Waals surface area contributed by atoms with E-state index in [1.807, 2.05) is 39.0 Å². The number of hydrogen-bond donors (Lipinski definition) is 0. The van der Waals surface area contributed by atoms with Gasteiger partial charge in [-0.15, -0.1) is 0 Å². The van der Waals surface area contributed by atoms with Gasteiger partial charge in [0.05, 0.1) is 17.9 Å². The van der Waals surface area contributed by atoms with E-state index in [1.54, 1.807) is 24.3 Å². The van der Waals surface area contributed by atoms with Crippen molar-refractivity contribution in [2.24, 2.45) is 0 Å². The lowest BCUT2D eigenvalue weighted by Gasteiger charge is -2.36. The van der Waals surface area contributed by atoms with Crippen molar-refractivity contribution in [2.75, 3.05) is 28.8 Å². The average Bonchev–Trinajstić information content (AvgIpc) is 2.62. The molecule has 0 aliphatic carbocycles. The Balaban J connectivity index is 1.85. The predicted molar refractivity (Wildman–Crippen MR) is 103 cm³/mol. The molecule has 6 nitrogen and oxygen atoms in total. The van der Waals surface area contributed by atoms with Crippen LogP contribution < -0.4 is 9.21 Å². The summed E-state index contributed by atoms with van der Waals surface area (Å²) in [6.45, 7) is 7.72. The van der Waals surface area contributed by atoms with Crippen LogP contribution in [0.15, 0.2) is 53.6 Å². The Hall–Kier alpha value is -2.12. The first-order valence-electron chi connectivity index (χ1n) is 8.86. The number of pyridine rings is 1. The topological polar surface area (TPSA) is 62.7 Å². The largest absolute Gasteiger partial charge is 0.372 e. The zero-order valence-electron chi connectivity index (χ0n) is 15.4. The zero-order chi connectivity index (χ0) is 18.7. The number of benzene rings is 1. The normalized spacial score (nSPS) is 20.8. The minimum Gasteiger partial charge on any atom is -0.372 e. The standard InChI is InChI=1S/C19H25N3O3S/c1-4-22(17-8-6-5-7-9-17)26(23,24)18-10-11-19(20-12-18)21-13-15(2)25-16(3)14-21/h5-12,15-16H,4,13-14H2,1-3H3/t15-,16-/m1/s1. The van der Waals surface area contributed by atoms with Gasteiger partial charge >= 0.3 is 0 Å². The van der Waals surface area contributed by atoms with E-state index in [4.69, 9.17) is 4.74 Å². The second-order valence-corrected chi connectivity index (χ2v) is 8.38. The van der Waals surface area contributed by atoms with E-state index in [0.29, 0.717) is 12.2 Å². The molecule has 0 bridgehead atoms. The van der Waals surface area contributed by atoms with Crippen LogP contribution in [0.1, 0.15) is 20.8 Å². The molecule has 0 amide bonds. The van der Waals surface area contributed by atoms with Gasteiger partial charge in [0.25, 0.3) is 10.0 Å². The monoisotopic (exact) mass is 375 g/mol. The molecule has 2 heterocycles. The summed E-state index contributed by atoms with van der Waals surface area (Å²) in [4.78, 5) is 6.74. The molecule has 0 unspecified atom stereocenters. The number of rotatable bonds is 5. The van der Waals surface area contributed by atoms with Gasteiger partial charge in [-0.2, -0.15) is 0 Å². The molecular formula is C19H25N3O3S. The molecule has 0 spiro atoms. The van der Waals surface area contributed by atoms with Crippen LogP contribution in [0, 0.1) is 0 Å². The highest BCUT2D eigenvalue weighted by Gasteiger charge is 2.26. The third-order valence-electron chi connectivity index (χ3n) is 4.38. The van der Waals surface area contributed by atoms with Gasteiger partial charge in [0.15, 0.2) is 0 Å². The van der Waals surface area contributed by atoms with E-state index < -0.39 is 10.0 Å². The lowest BCUT2D eigenvalue weighted by Crippen LogP contribution is -2.45. The third kappa shape index (κ3) is 3.83. The van der Waals surface area contributed by atoms with Crippen molar-refractivity contribution < 1.29 is 13.2 Å². The fourth-order valence-electron chi connectivity index (χ4n) is 3.29. The molecule has 26 heavy (non-hydrogen) atoms. The van der Waals surface area contributed by atoms with Crippen LogP contribution in [-0.2, 0) is 14.8 Å². The quantitative estimate of drug-likeness (QED) is 0.804. The Morgan fingerprint density at radius 2 is 1.77 bits per heavy atom. The molecule has 1 fully saturated rings. The summed E-state index contributed by atoms with van der Waals surface area (Å²) in [6.07, 6.45) is 1.69. The van der Waals surface area contributed by atoms with Crippen LogP contribution in [-0.4, -0.2) is 45.2 Å². The van der Waals surface area contributed by atoms with E-state index >= 15 is 0 Å². The Bertz CT molecular complexity index is 815. The first-order chi connectivity index (χ1) is 12.4. The highest BCUT2D eigenvalue weighted by atomic mass is 32.2. The van der Waals surface area contributed by atoms with Crippen molar-refractivity contribution in [3.63, 3.8) is 0 Å². The zero-order valence-corrected chi connectivity index (χ0v) is 16.2. The number of para-hydroxylation sites is 1. The van der Waals surface area contributed by atoms with Gasteiger partial charge in [-0.25, -0.2) is 13.4 Å². The van der Waals surface area contributed by atoms with Crippen LogP contribution in [0.25, 0.3) is 0 Å². The van der Waals surface area contributed by atoms with E-state index in [1.165, 1.54) is 10.5 Å². The van der Waals surface area contributed by atoms with Crippen molar-refractivity contribution in [1.82, 2.24) is 4.98 Å². The Labute approximate surface area is 155 Å². The summed E-state index contributed by atoms with van der Waals surface area (Å²) in [7, 11) is -3.65. The van der Waals surface area contributed by atoms with Crippen LogP contribution in [0.2, 0.25) is 0 Å². The smallest absolute Gasteiger partial charge is 0.265 e. The second-order valence-electron chi connectivity index (χ2n) is 6.52. The number of sulfonamides is 1. The molecule has 1 aromatic heterocycles. The molecule has 1 aromatic carbocycles. The summed E-state index contributed by atoms with van der Waals surface area (Å²) >= 11 is 0. The van der Waals surface area contributed by atoms with E-state index in [9.17, 15) is 8.42 Å². The Kier molecular flexibility index (Phi) is 5.48. The van der Waals surface area contributed by atoms with Crippen LogP contribution in [0.5, 0.6) is 0 Å². The number of morpholine rings is 1. The lowest BCUT2D eigenvalue weighted by atomic mass is 10.2. The summed E-state index contributed by atoms with van der Waals surface area (Å²) < 4.78 is 33.1. The molecule has 0 saturated carbocycles. The molecule has 2 aromatic rings. The lowest BCUT2D eigenvalue weighted by molar-refractivity contribution is -0.00546. The van der Waals surface area contributed by atoms with Gasteiger partial charge < -0.3 is 9.64 Å². The summed E-state index contributed by atoms with van der Waals surface area (Å²) in [5.74, 6) is 0.772. The molecule has 1 aliphatic heterocycles. The van der Waals surface area contributed by atoms with Crippen molar-refractivity contribution in [3.8, 4) is 0 Å². The van der Waals surface area contributed by atoms with Gasteiger partial charge in [-0.05, 0) is 45.0 Å². The Morgan fingerprint density at radius 1 is 1.12 bits per heavy atom. The van der Waals surface area contributed by atoms with E-state index in [2.05, 4.69) is 9.88 Å². The molecular weight excluding hydrogens is 350 g/mol. The first kappa shape index (κ1) is 18.7. The number of nitrogens with zero attached hydrogens (tertiary/aromatic N) is 3. The van der Waals surface area contributed by atoms with Crippen molar-refractivity contribution in [1.29, 1.82) is 0 Å². The van der Waals surface area contributed by atoms with Crippen LogP contribution in [0.4, 0.5) is 11.5 Å². The van der Waals surface area contributed by atoms with Crippen molar-refractivity contribution in [3.05, 3.63) is 48.7 Å². The fraction of sp³-hybridized carbons (Fsp3) is 0.421. The van der Waals surface area contributed by atoms with Gasteiger partial charge in [0.2, 0.25) is 0 Å². The van der Waals surface area contributed by atoms with Gasteiger partial charge in [-0.3, -0.25) is 4.31 Å². The van der Waals surface area contributed by atoms with Crippen molar-refractivity contribution >= 4 is 21.5 Å². The molecule has 3 rings (SSSR count). The van der Waals surface area contributed by atoms with Crippen LogP contribution >= 0.6 is 0 Å². The molecule has 1 saturated heterocycles. The summed E-state index contributed by atoms with van der Waals surface area (Å²) in [5.41, 5.74) is 0.648. The summed E-state index contributed by atoms with van der Waals surface area (Å²) in [6, 6.07) is 12.5. The summed E-state index contributed by atoms with van der Waals surface area (Å²) in [5, 5.41) is 0. The number of hydrogen-bond acceptors (Lipinski definition) is 5. The third-order valence-corrected chi connectivity index (χ3v) is 6.27. The maximum Gasteiger partial charge on any atom is 0.265 e. The minimum absolute atomic E-state index is 0.123. The number of anilines is 2. The fourth-order valence-corrected chi connectivity index (χ4v) is 4.71. The van der Waals surface area contributed by atoms with E-state index in [0.717, 1.165) is 18.9 Å². The molecule has 7 heteroatoms. The molecule has 0 radical (unpaired) electrons. The highest BCUT2D eigenvalue weighted by molar-refractivity contribution is 7.92. The molecule has 140 valence electrons. The number of ether oxygens (including phenoxy) is 1. The highest BCUT2D eigenvalue weighted by Crippen LogP contribution is 2.25.